The van der Waals surface area contributed by atoms with E-state index in [0.29, 0.717) is 19.4 Å². The Bertz CT molecular complexity index is 474. The molecule has 1 aromatic carbocycles. The van der Waals surface area contributed by atoms with Crippen molar-refractivity contribution in [3.05, 3.63) is 33.8 Å². The van der Waals surface area contributed by atoms with E-state index in [1.54, 1.807) is 11.9 Å². The highest BCUT2D eigenvalue weighted by Crippen LogP contribution is 2.18. The number of carbonyl (C=O) groups is 2. The van der Waals surface area contributed by atoms with Crippen molar-refractivity contribution in [1.82, 2.24) is 4.90 Å². The molecule has 0 atom stereocenters. The van der Waals surface area contributed by atoms with Crippen molar-refractivity contribution in [3.63, 3.8) is 0 Å². The van der Waals surface area contributed by atoms with Crippen molar-refractivity contribution in [2.45, 2.75) is 26.2 Å². The quantitative estimate of drug-likeness (QED) is 0.873. The lowest BCUT2D eigenvalue weighted by atomic mass is 10.1. The third-order valence-corrected chi connectivity index (χ3v) is 3.76. The van der Waals surface area contributed by atoms with Gasteiger partial charge in [0.05, 0.1) is 6.42 Å². The van der Waals surface area contributed by atoms with Crippen molar-refractivity contribution in [2.24, 2.45) is 0 Å². The molecule has 1 aromatic rings. The number of likely N-dealkylation sites (N-methyl/N-ethyl adjacent to an activating group) is 1. The maximum Gasteiger partial charge on any atom is 0.303 e. The maximum absolute atomic E-state index is 11.9. The molecule has 0 saturated carbocycles. The molecule has 0 heterocycles. The first-order valence-electron chi connectivity index (χ1n) is 6.11. The van der Waals surface area contributed by atoms with Crippen molar-refractivity contribution in [2.75, 3.05) is 13.6 Å². The van der Waals surface area contributed by atoms with Gasteiger partial charge in [-0.3, -0.25) is 9.59 Å². The van der Waals surface area contributed by atoms with E-state index in [9.17, 15) is 9.59 Å². The zero-order valence-corrected chi connectivity index (χ0v) is 12.7. The molecule has 0 unspecified atom stereocenters. The van der Waals surface area contributed by atoms with E-state index in [1.165, 1.54) is 0 Å². The van der Waals surface area contributed by atoms with E-state index in [1.807, 2.05) is 25.1 Å². The van der Waals surface area contributed by atoms with Crippen molar-refractivity contribution < 1.29 is 14.7 Å². The Morgan fingerprint density at radius 3 is 2.63 bits per heavy atom. The van der Waals surface area contributed by atoms with Crippen LogP contribution in [-0.4, -0.2) is 35.5 Å². The first-order chi connectivity index (χ1) is 8.90. The smallest absolute Gasteiger partial charge is 0.303 e. The van der Waals surface area contributed by atoms with Gasteiger partial charge in [-0.2, -0.15) is 0 Å². The zero-order valence-electron chi connectivity index (χ0n) is 11.1. The summed E-state index contributed by atoms with van der Waals surface area (Å²) >= 11 is 3.44. The second-order valence-electron chi connectivity index (χ2n) is 4.57. The fraction of sp³-hybridized carbons (Fsp3) is 0.429. The molecule has 104 valence electrons. The summed E-state index contributed by atoms with van der Waals surface area (Å²) in [7, 11) is 1.70. The minimum atomic E-state index is -0.830. The number of nitrogens with zero attached hydrogens (tertiary/aromatic N) is 1. The lowest BCUT2D eigenvalue weighted by molar-refractivity contribution is -0.138. The summed E-state index contributed by atoms with van der Waals surface area (Å²) < 4.78 is 0.992. The molecule has 0 bridgehead atoms. The van der Waals surface area contributed by atoms with Crippen molar-refractivity contribution >= 4 is 27.8 Å². The molecule has 19 heavy (non-hydrogen) atoms. The molecule has 0 aliphatic heterocycles. The van der Waals surface area contributed by atoms with Crippen LogP contribution in [0.1, 0.15) is 24.0 Å². The average molecular weight is 328 g/mol. The van der Waals surface area contributed by atoms with E-state index < -0.39 is 5.97 Å². The molecule has 0 spiro atoms. The van der Waals surface area contributed by atoms with Crippen LogP contribution in [-0.2, 0) is 16.0 Å². The predicted molar refractivity (Wildman–Crippen MR) is 77.1 cm³/mol. The molecule has 4 nitrogen and oxygen atoms in total. The highest BCUT2D eigenvalue weighted by Gasteiger charge is 2.10. The molecule has 0 radical (unpaired) electrons. The highest BCUT2D eigenvalue weighted by atomic mass is 79.9. The number of hydrogen-bond acceptors (Lipinski definition) is 2. The summed E-state index contributed by atoms with van der Waals surface area (Å²) in [5, 5.41) is 8.55. The van der Waals surface area contributed by atoms with Crippen molar-refractivity contribution in [1.29, 1.82) is 0 Å². The topological polar surface area (TPSA) is 57.6 Å². The molecule has 0 aliphatic carbocycles. The maximum atomic E-state index is 11.9. The number of benzene rings is 1. The monoisotopic (exact) mass is 327 g/mol. The second kappa shape index (κ2) is 7.28. The standard InChI is InChI=1S/C14H18BrNO3/c1-10-5-6-11(8-12(10)15)9-13(17)16(2)7-3-4-14(18)19/h5-6,8H,3-4,7,9H2,1-2H3,(H,18,19). The molecule has 0 fully saturated rings. The van der Waals surface area contributed by atoms with Gasteiger partial charge in [0.1, 0.15) is 0 Å². The molecule has 5 heteroatoms. The van der Waals surface area contributed by atoms with Crippen molar-refractivity contribution in [3.8, 4) is 0 Å². The van der Waals surface area contributed by atoms with E-state index >= 15 is 0 Å². The minimum Gasteiger partial charge on any atom is -0.481 e. The number of aliphatic carboxylic acids is 1. The van der Waals surface area contributed by atoms with Gasteiger partial charge in [-0.05, 0) is 30.5 Å². The number of carbonyl (C=O) groups excluding carboxylic acids is 1. The summed E-state index contributed by atoms with van der Waals surface area (Å²) in [6, 6.07) is 5.85. The number of carboxylic acid groups (broad SMARTS) is 1. The van der Waals surface area contributed by atoms with Gasteiger partial charge >= 0.3 is 5.97 Å². The van der Waals surface area contributed by atoms with Crippen LogP contribution >= 0.6 is 15.9 Å². The Labute approximate surface area is 121 Å². The number of carboxylic acids is 1. The SMILES string of the molecule is Cc1ccc(CC(=O)N(C)CCCC(=O)O)cc1Br. The number of halogens is 1. The Morgan fingerprint density at radius 2 is 2.05 bits per heavy atom. The molecular formula is C14H18BrNO3. The van der Waals surface area contributed by atoms with Gasteiger partial charge in [-0.25, -0.2) is 0 Å². The number of hydrogen-bond donors (Lipinski definition) is 1. The number of rotatable bonds is 6. The molecule has 0 aliphatic rings. The fourth-order valence-electron chi connectivity index (χ4n) is 1.65. The number of amides is 1. The van der Waals surface area contributed by atoms with Gasteiger partial charge in [-0.1, -0.05) is 28.1 Å². The molecular weight excluding hydrogens is 310 g/mol. The number of aryl methyl sites for hydroxylation is 1. The summed E-state index contributed by atoms with van der Waals surface area (Å²) in [6.07, 6.45) is 0.908. The Kier molecular flexibility index (Phi) is 6.02. The minimum absolute atomic E-state index is 0.00106. The van der Waals surface area contributed by atoms with Crippen LogP contribution < -0.4 is 0 Å². The third-order valence-electron chi connectivity index (χ3n) is 2.90. The molecule has 1 N–H and O–H groups in total. The van der Waals surface area contributed by atoms with E-state index in [-0.39, 0.29) is 12.3 Å². The highest BCUT2D eigenvalue weighted by molar-refractivity contribution is 9.10. The summed E-state index contributed by atoms with van der Waals surface area (Å²) in [5.74, 6) is -0.829. The van der Waals surface area contributed by atoms with Crippen LogP contribution in [0, 0.1) is 6.92 Å². The van der Waals surface area contributed by atoms with Gasteiger partial charge in [0, 0.05) is 24.5 Å². The van der Waals surface area contributed by atoms with Crippen LogP contribution in [0.3, 0.4) is 0 Å². The van der Waals surface area contributed by atoms with E-state index in [2.05, 4.69) is 15.9 Å². The van der Waals surface area contributed by atoms with Crippen LogP contribution in [0.5, 0.6) is 0 Å². The van der Waals surface area contributed by atoms with Gasteiger partial charge in [0.15, 0.2) is 0 Å². The van der Waals surface area contributed by atoms with E-state index in [4.69, 9.17) is 5.11 Å². The Morgan fingerprint density at radius 1 is 1.37 bits per heavy atom. The Balaban J connectivity index is 2.49. The largest absolute Gasteiger partial charge is 0.481 e. The molecule has 0 saturated heterocycles. The third kappa shape index (κ3) is 5.42. The molecule has 1 rings (SSSR count). The normalized spacial score (nSPS) is 10.3. The summed E-state index contributed by atoms with van der Waals surface area (Å²) in [5.41, 5.74) is 2.08. The van der Waals surface area contributed by atoms with Crippen LogP contribution in [0.25, 0.3) is 0 Å². The first-order valence-corrected chi connectivity index (χ1v) is 6.90. The molecule has 1 amide bonds. The zero-order chi connectivity index (χ0) is 14.4. The Hall–Kier alpha value is -1.36. The summed E-state index contributed by atoms with van der Waals surface area (Å²) in [4.78, 5) is 23.9. The first kappa shape index (κ1) is 15.7. The molecule has 0 aromatic heterocycles. The predicted octanol–water partition coefficient (Wildman–Crippen LogP) is 2.62. The van der Waals surface area contributed by atoms with Gasteiger partial charge in [0.25, 0.3) is 0 Å². The average Bonchev–Trinajstić information content (AvgIpc) is 2.33. The van der Waals surface area contributed by atoms with Crippen LogP contribution in [0.15, 0.2) is 22.7 Å². The van der Waals surface area contributed by atoms with E-state index in [0.717, 1.165) is 15.6 Å². The van der Waals surface area contributed by atoms with Crippen LogP contribution in [0.2, 0.25) is 0 Å². The summed E-state index contributed by atoms with van der Waals surface area (Å²) in [6.45, 7) is 2.46. The van der Waals surface area contributed by atoms with Gasteiger partial charge in [-0.15, -0.1) is 0 Å². The lowest BCUT2D eigenvalue weighted by Gasteiger charge is -2.16. The lowest BCUT2D eigenvalue weighted by Crippen LogP contribution is -2.29. The fourth-order valence-corrected chi connectivity index (χ4v) is 2.07. The van der Waals surface area contributed by atoms with Gasteiger partial charge < -0.3 is 10.0 Å². The van der Waals surface area contributed by atoms with Crippen LogP contribution in [0.4, 0.5) is 0 Å². The second-order valence-corrected chi connectivity index (χ2v) is 5.43. The van der Waals surface area contributed by atoms with Gasteiger partial charge in [0.2, 0.25) is 5.91 Å².